The zero-order valence-electron chi connectivity index (χ0n) is 10.8. The fourth-order valence-corrected chi connectivity index (χ4v) is 2.77. The number of piperidine rings is 1. The molecule has 0 radical (unpaired) electrons. The Labute approximate surface area is 120 Å². The molecule has 0 saturated carbocycles. The average molecular weight is 326 g/mol. The van der Waals surface area contributed by atoms with Crippen molar-refractivity contribution in [3.05, 3.63) is 22.7 Å². The highest BCUT2D eigenvalue weighted by Gasteiger charge is 2.19. The van der Waals surface area contributed by atoms with Gasteiger partial charge in [0.05, 0.1) is 6.54 Å². The molecule has 0 aromatic carbocycles. The lowest BCUT2D eigenvalue weighted by Gasteiger charge is -2.29. The summed E-state index contributed by atoms with van der Waals surface area (Å²) in [5.74, 6) is 2.43. The minimum Gasteiger partial charge on any atom is -0.444 e. The summed E-state index contributed by atoms with van der Waals surface area (Å²) in [7, 11) is 0. The van der Waals surface area contributed by atoms with Crippen LogP contribution in [-0.4, -0.2) is 28.2 Å². The molecule has 1 atom stereocenters. The van der Waals surface area contributed by atoms with Gasteiger partial charge in [-0.1, -0.05) is 6.92 Å². The fraction of sp³-hybridized carbons (Fsp3) is 0.538. The van der Waals surface area contributed by atoms with Crippen molar-refractivity contribution < 1.29 is 8.83 Å². The second-order valence-electron chi connectivity index (χ2n) is 5.09. The summed E-state index contributed by atoms with van der Waals surface area (Å²) in [4.78, 5) is 2.36. The zero-order valence-corrected chi connectivity index (χ0v) is 12.4. The first-order valence-electron chi connectivity index (χ1n) is 6.51. The lowest BCUT2D eigenvalue weighted by molar-refractivity contribution is 0.163. The van der Waals surface area contributed by atoms with E-state index in [-0.39, 0.29) is 0 Å². The van der Waals surface area contributed by atoms with Crippen molar-refractivity contribution in [1.82, 2.24) is 15.1 Å². The summed E-state index contributed by atoms with van der Waals surface area (Å²) in [6.07, 6.45) is 2.55. The Hall–Kier alpha value is -1.14. The van der Waals surface area contributed by atoms with E-state index in [2.05, 4.69) is 38.0 Å². The van der Waals surface area contributed by atoms with E-state index in [0.717, 1.165) is 25.6 Å². The van der Waals surface area contributed by atoms with Gasteiger partial charge < -0.3 is 8.83 Å². The van der Waals surface area contributed by atoms with Crippen LogP contribution in [-0.2, 0) is 6.54 Å². The molecule has 2 aromatic rings. The van der Waals surface area contributed by atoms with E-state index in [0.29, 0.717) is 22.2 Å². The molecule has 1 saturated heterocycles. The third-order valence-electron chi connectivity index (χ3n) is 3.35. The van der Waals surface area contributed by atoms with Gasteiger partial charge in [-0.05, 0) is 53.4 Å². The SMILES string of the molecule is CC1CCCN(Cc2nnc(-c3ccc(Br)o3)o2)C1. The summed E-state index contributed by atoms with van der Waals surface area (Å²) in [6.45, 7) is 5.21. The smallest absolute Gasteiger partial charge is 0.283 e. The molecule has 5 nitrogen and oxygen atoms in total. The maximum absolute atomic E-state index is 5.64. The highest BCUT2D eigenvalue weighted by molar-refractivity contribution is 9.10. The number of hydrogen-bond acceptors (Lipinski definition) is 5. The number of nitrogens with zero attached hydrogens (tertiary/aromatic N) is 3. The summed E-state index contributed by atoms with van der Waals surface area (Å²) < 4.78 is 11.7. The molecule has 102 valence electrons. The Morgan fingerprint density at radius 1 is 1.37 bits per heavy atom. The minimum absolute atomic E-state index is 0.436. The van der Waals surface area contributed by atoms with Crippen molar-refractivity contribution in [2.75, 3.05) is 13.1 Å². The monoisotopic (exact) mass is 325 g/mol. The fourth-order valence-electron chi connectivity index (χ4n) is 2.47. The van der Waals surface area contributed by atoms with Crippen molar-refractivity contribution in [2.45, 2.75) is 26.3 Å². The molecule has 1 fully saturated rings. The Morgan fingerprint density at radius 2 is 2.26 bits per heavy atom. The third-order valence-corrected chi connectivity index (χ3v) is 3.78. The van der Waals surface area contributed by atoms with Gasteiger partial charge in [0.2, 0.25) is 5.89 Å². The van der Waals surface area contributed by atoms with Crippen molar-refractivity contribution in [1.29, 1.82) is 0 Å². The quantitative estimate of drug-likeness (QED) is 0.866. The molecule has 19 heavy (non-hydrogen) atoms. The predicted molar refractivity (Wildman–Crippen MR) is 73.4 cm³/mol. The van der Waals surface area contributed by atoms with Crippen molar-refractivity contribution in [3.8, 4) is 11.7 Å². The summed E-state index contributed by atoms with van der Waals surface area (Å²) in [5.41, 5.74) is 0. The molecule has 2 aromatic heterocycles. The summed E-state index contributed by atoms with van der Waals surface area (Å²) in [5, 5.41) is 8.11. The van der Waals surface area contributed by atoms with E-state index in [1.807, 2.05) is 12.1 Å². The largest absolute Gasteiger partial charge is 0.444 e. The van der Waals surface area contributed by atoms with Crippen LogP contribution in [0.25, 0.3) is 11.7 Å². The maximum Gasteiger partial charge on any atom is 0.283 e. The van der Waals surface area contributed by atoms with Crippen LogP contribution in [0.2, 0.25) is 0 Å². The van der Waals surface area contributed by atoms with E-state index in [4.69, 9.17) is 8.83 Å². The van der Waals surface area contributed by atoms with Crippen molar-refractivity contribution in [2.24, 2.45) is 5.92 Å². The summed E-state index contributed by atoms with van der Waals surface area (Å²) >= 11 is 3.26. The van der Waals surface area contributed by atoms with Crippen molar-refractivity contribution in [3.63, 3.8) is 0 Å². The number of rotatable bonds is 3. The standard InChI is InChI=1S/C13H16BrN3O2/c1-9-3-2-6-17(7-9)8-12-15-16-13(19-12)10-4-5-11(14)18-10/h4-5,9H,2-3,6-8H2,1H3. The maximum atomic E-state index is 5.64. The highest BCUT2D eigenvalue weighted by Crippen LogP contribution is 2.24. The topological polar surface area (TPSA) is 55.3 Å². The van der Waals surface area contributed by atoms with Gasteiger partial charge in [-0.15, -0.1) is 10.2 Å². The van der Waals surface area contributed by atoms with E-state index in [1.54, 1.807) is 0 Å². The number of likely N-dealkylation sites (tertiary alicyclic amines) is 1. The van der Waals surface area contributed by atoms with Crippen molar-refractivity contribution >= 4 is 15.9 Å². The molecular formula is C13H16BrN3O2. The van der Waals surface area contributed by atoms with Crippen LogP contribution >= 0.6 is 15.9 Å². The van der Waals surface area contributed by atoms with E-state index in [9.17, 15) is 0 Å². The highest BCUT2D eigenvalue weighted by atomic mass is 79.9. The third kappa shape index (κ3) is 3.06. The Bertz CT molecular complexity index is 552. The number of furan rings is 1. The van der Waals surface area contributed by atoms with Gasteiger partial charge in [0.25, 0.3) is 5.89 Å². The molecule has 0 aliphatic carbocycles. The van der Waals surface area contributed by atoms with Crippen LogP contribution in [0.15, 0.2) is 25.6 Å². The molecular weight excluding hydrogens is 310 g/mol. The lowest BCUT2D eigenvalue weighted by Crippen LogP contribution is -2.33. The predicted octanol–water partition coefficient (Wildman–Crippen LogP) is 3.32. The molecule has 1 aliphatic rings. The van der Waals surface area contributed by atoms with Gasteiger partial charge >= 0.3 is 0 Å². The van der Waals surface area contributed by atoms with E-state index in [1.165, 1.54) is 12.8 Å². The van der Waals surface area contributed by atoms with Gasteiger partial charge in [0.15, 0.2) is 10.4 Å². The van der Waals surface area contributed by atoms with Gasteiger partial charge in [-0.3, -0.25) is 4.90 Å². The van der Waals surface area contributed by atoms with Gasteiger partial charge in [-0.25, -0.2) is 0 Å². The molecule has 3 heterocycles. The number of aromatic nitrogens is 2. The van der Waals surface area contributed by atoms with E-state index >= 15 is 0 Å². The Balaban J connectivity index is 1.68. The molecule has 1 unspecified atom stereocenters. The average Bonchev–Trinajstić information content (AvgIpc) is 2.98. The van der Waals surface area contributed by atoms with Crippen LogP contribution in [0.4, 0.5) is 0 Å². The molecule has 3 rings (SSSR count). The van der Waals surface area contributed by atoms with Gasteiger partial charge in [-0.2, -0.15) is 0 Å². The number of hydrogen-bond donors (Lipinski definition) is 0. The minimum atomic E-state index is 0.436. The first-order chi connectivity index (χ1) is 9.20. The number of halogens is 1. The first-order valence-corrected chi connectivity index (χ1v) is 7.30. The molecule has 0 amide bonds. The van der Waals surface area contributed by atoms with Crippen LogP contribution in [0.1, 0.15) is 25.7 Å². The van der Waals surface area contributed by atoms with E-state index < -0.39 is 0 Å². The Kier molecular flexibility index (Phi) is 3.70. The summed E-state index contributed by atoms with van der Waals surface area (Å²) in [6, 6.07) is 3.62. The van der Waals surface area contributed by atoms with Crippen LogP contribution in [0.3, 0.4) is 0 Å². The first kappa shape index (κ1) is 12.9. The van der Waals surface area contributed by atoms with Gasteiger partial charge in [0, 0.05) is 6.54 Å². The second kappa shape index (κ2) is 5.46. The normalized spacial score (nSPS) is 20.8. The zero-order chi connectivity index (χ0) is 13.2. The van der Waals surface area contributed by atoms with Crippen LogP contribution in [0.5, 0.6) is 0 Å². The Morgan fingerprint density at radius 3 is 3.00 bits per heavy atom. The molecule has 0 bridgehead atoms. The molecule has 0 N–H and O–H groups in total. The van der Waals surface area contributed by atoms with Crippen LogP contribution < -0.4 is 0 Å². The van der Waals surface area contributed by atoms with Gasteiger partial charge in [0.1, 0.15) is 0 Å². The lowest BCUT2D eigenvalue weighted by atomic mass is 10.0. The molecule has 6 heteroatoms. The molecule has 0 spiro atoms. The molecule has 1 aliphatic heterocycles. The van der Waals surface area contributed by atoms with Crippen LogP contribution in [0, 0.1) is 5.92 Å². The second-order valence-corrected chi connectivity index (χ2v) is 5.87.